The third-order valence-electron chi connectivity index (χ3n) is 2.58. The molecule has 0 N–H and O–H groups in total. The third kappa shape index (κ3) is 8.10. The zero-order valence-corrected chi connectivity index (χ0v) is 13.6. The van der Waals surface area contributed by atoms with E-state index in [2.05, 4.69) is 13.3 Å². The van der Waals surface area contributed by atoms with Gasteiger partial charge in [-0.25, -0.2) is 0 Å². The molecule has 0 saturated carbocycles. The van der Waals surface area contributed by atoms with Crippen molar-refractivity contribution < 1.29 is 35.9 Å². The van der Waals surface area contributed by atoms with E-state index in [0.29, 0.717) is 12.2 Å². The minimum Gasteiger partial charge on any atom is 0 e. The molecule has 0 aromatic heterocycles. The van der Waals surface area contributed by atoms with Gasteiger partial charge in [0.2, 0.25) is 0 Å². The maximum Gasteiger partial charge on any atom is 0 e. The maximum absolute atomic E-state index is 12.0. The maximum atomic E-state index is 12.0. The fraction of sp³-hybridized carbons (Fsp3) is 0.111. The molecule has 0 aliphatic carbocycles. The van der Waals surface area contributed by atoms with Crippen LogP contribution in [-0.2, 0) is 35.9 Å². The van der Waals surface area contributed by atoms with Crippen molar-refractivity contribution >= 4 is 17.6 Å². The molecule has 0 amide bonds. The van der Waals surface area contributed by atoms with Gasteiger partial charge in [0.25, 0.3) is 5.97 Å². The van der Waals surface area contributed by atoms with E-state index in [-0.39, 0.29) is 23.0 Å². The summed E-state index contributed by atoms with van der Waals surface area (Å²) in [5.41, 5.74) is 2.46. The van der Waals surface area contributed by atoms with E-state index in [1.54, 1.807) is 0 Å². The Balaban J connectivity index is 0. The number of hydrogen-bond acceptors (Lipinski definition) is 2. The summed E-state index contributed by atoms with van der Waals surface area (Å²) in [4.78, 5) is 12.0. The second kappa shape index (κ2) is 14.7. The number of carbonyl (C=O) groups excluding carboxylic acids is 1. The fourth-order valence-electron chi connectivity index (χ4n) is 1.74. The third-order valence-corrected chi connectivity index (χ3v) is 2.58. The molecule has 23 heavy (non-hydrogen) atoms. The zero-order chi connectivity index (χ0) is 16.8. The molecule has 0 unspecified atom stereocenters. The van der Waals surface area contributed by atoms with Gasteiger partial charge in [-0.2, -0.15) is 12.1 Å². The zero-order valence-electron chi connectivity index (χ0n) is 12.5. The number of hydrogen-bond donors (Lipinski definition) is 0. The molecule has 2 rings (SSSR count). The molecule has 0 heterocycles. The van der Waals surface area contributed by atoms with Crippen molar-refractivity contribution in [3.63, 3.8) is 0 Å². The first kappa shape index (κ1) is 23.1. The van der Waals surface area contributed by atoms with Gasteiger partial charge < -0.3 is 4.74 Å². The Hall–Kier alpha value is -2.22. The molecule has 2 aromatic rings. The van der Waals surface area contributed by atoms with Crippen LogP contribution in [0.25, 0.3) is 11.6 Å². The second-order valence-electron chi connectivity index (χ2n) is 3.86. The molecule has 0 aliphatic rings. The molecule has 0 aliphatic heterocycles. The molecule has 0 spiro atoms. The summed E-state index contributed by atoms with van der Waals surface area (Å²) in [5.74, 6) is -0.285. The van der Waals surface area contributed by atoms with E-state index in [1.165, 1.54) is 0 Å². The van der Waals surface area contributed by atoms with Gasteiger partial charge in [0, 0.05) is 17.1 Å². The second-order valence-corrected chi connectivity index (χ2v) is 3.86. The largest absolute Gasteiger partial charge is 0 e. The Kier molecular flexibility index (Phi) is 14.7. The van der Waals surface area contributed by atoms with Gasteiger partial charge in [0.15, 0.2) is 0 Å². The Morgan fingerprint density at radius 1 is 1.09 bits per heavy atom. The SMILES string of the molecule is CCOC(=O)/C(=C\c1ccccc1)[c-]1cccc1.[C-]#[O+].[C-]#[O+].[Fe]. The molecular formula is C18H15FeO4-. The average Bonchev–Trinajstić information content (AvgIpc) is 3.12. The van der Waals surface area contributed by atoms with Crippen LogP contribution in [0, 0.1) is 13.3 Å². The molecule has 0 fully saturated rings. The van der Waals surface area contributed by atoms with Crippen molar-refractivity contribution in [2.45, 2.75) is 6.92 Å². The van der Waals surface area contributed by atoms with Crippen LogP contribution < -0.4 is 0 Å². The standard InChI is InChI=1S/C16H15O2.2CO.Fe/c1-2-18-16(17)15(14-10-6-7-11-14)12-13-8-4-3-5-9-13;2*1-2;/h3-12H,2H2,1H3;;;/q-1;;;/b15-12-;;;. The van der Waals surface area contributed by atoms with Crippen LogP contribution in [0.1, 0.15) is 18.1 Å². The van der Waals surface area contributed by atoms with E-state index < -0.39 is 0 Å². The van der Waals surface area contributed by atoms with Crippen molar-refractivity contribution in [3.05, 3.63) is 79.0 Å². The monoisotopic (exact) mass is 351 g/mol. The molecule has 120 valence electrons. The molecule has 2 aromatic carbocycles. The molecule has 0 bridgehead atoms. The Bertz CT molecular complexity index is 604. The first-order valence-electron chi connectivity index (χ1n) is 6.38. The quantitative estimate of drug-likeness (QED) is 0.278. The van der Waals surface area contributed by atoms with E-state index in [1.807, 2.05) is 67.6 Å². The van der Waals surface area contributed by atoms with Gasteiger partial charge in [-0.3, -0.25) is 4.79 Å². The van der Waals surface area contributed by atoms with Crippen molar-refractivity contribution in [1.82, 2.24) is 0 Å². The van der Waals surface area contributed by atoms with Crippen LogP contribution in [0.15, 0.2) is 54.6 Å². The van der Waals surface area contributed by atoms with Crippen LogP contribution in [0.5, 0.6) is 0 Å². The minimum atomic E-state index is -0.285. The molecule has 0 saturated heterocycles. The predicted octanol–water partition coefficient (Wildman–Crippen LogP) is 3.43. The molecular weight excluding hydrogens is 336 g/mol. The van der Waals surface area contributed by atoms with Crippen molar-refractivity contribution in [3.8, 4) is 0 Å². The van der Waals surface area contributed by atoms with Crippen LogP contribution >= 0.6 is 0 Å². The normalized spacial score (nSPS) is 9.00. The van der Waals surface area contributed by atoms with E-state index in [4.69, 9.17) is 14.0 Å². The van der Waals surface area contributed by atoms with Crippen molar-refractivity contribution in [1.29, 1.82) is 0 Å². The Morgan fingerprint density at radius 2 is 1.61 bits per heavy atom. The molecule has 0 radical (unpaired) electrons. The van der Waals surface area contributed by atoms with Crippen LogP contribution in [0.4, 0.5) is 0 Å². The topological polar surface area (TPSA) is 66.1 Å². The summed E-state index contributed by atoms with van der Waals surface area (Å²) in [7, 11) is 0. The van der Waals surface area contributed by atoms with Crippen molar-refractivity contribution in [2.24, 2.45) is 0 Å². The minimum absolute atomic E-state index is 0. The molecule has 0 atom stereocenters. The number of esters is 1. The van der Waals surface area contributed by atoms with Crippen LogP contribution in [0.3, 0.4) is 0 Å². The van der Waals surface area contributed by atoms with E-state index in [0.717, 1.165) is 11.1 Å². The smallest absolute Gasteiger partial charge is 0 e. The Morgan fingerprint density at radius 3 is 2.09 bits per heavy atom. The number of rotatable bonds is 4. The van der Waals surface area contributed by atoms with Gasteiger partial charge in [0.1, 0.15) is 0 Å². The van der Waals surface area contributed by atoms with Crippen LogP contribution in [-0.4, -0.2) is 12.6 Å². The van der Waals surface area contributed by atoms with Gasteiger partial charge in [0.05, 0.1) is 6.61 Å². The molecule has 5 heteroatoms. The number of carbonyl (C=O) groups is 1. The van der Waals surface area contributed by atoms with Gasteiger partial charge >= 0.3 is 22.6 Å². The average molecular weight is 351 g/mol. The first-order valence-corrected chi connectivity index (χ1v) is 6.38. The summed E-state index contributed by atoms with van der Waals surface area (Å²) in [6.07, 6.45) is 1.85. The van der Waals surface area contributed by atoms with E-state index in [9.17, 15) is 4.79 Å². The molecule has 4 nitrogen and oxygen atoms in total. The number of ether oxygens (including phenoxy) is 1. The summed E-state index contributed by atoms with van der Waals surface area (Å²) in [5, 5.41) is 0. The summed E-state index contributed by atoms with van der Waals surface area (Å²) >= 11 is 0. The predicted molar refractivity (Wildman–Crippen MR) is 80.8 cm³/mol. The van der Waals surface area contributed by atoms with Gasteiger partial charge in [-0.15, -0.1) is 18.2 Å². The van der Waals surface area contributed by atoms with Crippen molar-refractivity contribution in [2.75, 3.05) is 6.61 Å². The van der Waals surface area contributed by atoms with Gasteiger partial charge in [-0.1, -0.05) is 41.5 Å². The van der Waals surface area contributed by atoms with Crippen LogP contribution in [0.2, 0.25) is 0 Å². The fourth-order valence-corrected chi connectivity index (χ4v) is 1.74. The van der Waals surface area contributed by atoms with Gasteiger partial charge in [-0.05, 0) is 12.5 Å². The Labute approximate surface area is 146 Å². The summed E-state index contributed by atoms with van der Waals surface area (Å²) < 4.78 is 20.1. The summed E-state index contributed by atoms with van der Waals surface area (Å²) in [6, 6.07) is 17.4. The first-order chi connectivity index (χ1) is 10.8. The summed E-state index contributed by atoms with van der Waals surface area (Å²) in [6.45, 7) is 11.2. The van der Waals surface area contributed by atoms with E-state index >= 15 is 0 Å². The number of benzene rings is 1.